The molecule has 0 spiro atoms. The zero-order chi connectivity index (χ0) is 9.97. The minimum atomic E-state index is -0.472. The highest BCUT2D eigenvalue weighted by Gasteiger charge is 2.07. The van der Waals surface area contributed by atoms with Gasteiger partial charge in [0.05, 0.1) is 6.20 Å². The molecule has 0 unspecified atom stereocenters. The molecule has 70 valence electrons. The van der Waals surface area contributed by atoms with Crippen LogP contribution in [0.2, 0.25) is 5.28 Å². The fourth-order valence-corrected chi connectivity index (χ4v) is 1.28. The molecule has 0 fully saturated rings. The Kier molecular flexibility index (Phi) is 2.41. The molecule has 2 aromatic rings. The lowest BCUT2D eigenvalue weighted by atomic mass is 10.1. The van der Waals surface area contributed by atoms with Crippen molar-refractivity contribution in [3.63, 3.8) is 0 Å². The van der Waals surface area contributed by atoms with Crippen LogP contribution in [-0.2, 0) is 0 Å². The van der Waals surface area contributed by atoms with E-state index in [1.165, 1.54) is 0 Å². The van der Waals surface area contributed by atoms with Gasteiger partial charge in [0, 0.05) is 5.56 Å². The first kappa shape index (κ1) is 9.09. The van der Waals surface area contributed by atoms with Gasteiger partial charge in [-0.05, 0) is 11.6 Å². The molecule has 0 atom stereocenters. The van der Waals surface area contributed by atoms with Crippen molar-refractivity contribution < 1.29 is 4.39 Å². The first-order chi connectivity index (χ1) is 6.77. The number of hydrogen-bond donors (Lipinski definition) is 0. The Morgan fingerprint density at radius 1 is 1.14 bits per heavy atom. The fraction of sp³-hybridized carbons (Fsp3) is 0. The number of hydrogen-bond acceptors (Lipinski definition) is 2. The van der Waals surface area contributed by atoms with Crippen LogP contribution < -0.4 is 0 Å². The molecular formula is C10H6ClFN2. The summed E-state index contributed by atoms with van der Waals surface area (Å²) in [5.41, 5.74) is 0.917. The number of nitrogens with zero attached hydrogens (tertiary/aromatic N) is 2. The van der Waals surface area contributed by atoms with Crippen LogP contribution in [0.1, 0.15) is 0 Å². The van der Waals surface area contributed by atoms with Crippen molar-refractivity contribution in [3.05, 3.63) is 47.6 Å². The average Bonchev–Trinajstić information content (AvgIpc) is 2.23. The Hall–Kier alpha value is -1.48. The normalized spacial score (nSPS) is 10.1. The van der Waals surface area contributed by atoms with E-state index in [-0.39, 0.29) is 11.0 Å². The SMILES string of the molecule is Fc1cnc(Cl)nc1-c1ccccc1. The van der Waals surface area contributed by atoms with Crippen molar-refractivity contribution >= 4 is 11.6 Å². The second-order valence-electron chi connectivity index (χ2n) is 2.70. The molecule has 2 nitrogen and oxygen atoms in total. The van der Waals surface area contributed by atoms with Crippen LogP contribution in [0.3, 0.4) is 0 Å². The van der Waals surface area contributed by atoms with Gasteiger partial charge < -0.3 is 0 Å². The van der Waals surface area contributed by atoms with E-state index in [4.69, 9.17) is 11.6 Å². The molecule has 0 saturated heterocycles. The van der Waals surface area contributed by atoms with E-state index >= 15 is 0 Å². The van der Waals surface area contributed by atoms with Crippen molar-refractivity contribution in [1.82, 2.24) is 9.97 Å². The largest absolute Gasteiger partial charge is 0.223 e. The Labute approximate surface area is 85.4 Å². The Morgan fingerprint density at radius 3 is 2.57 bits per heavy atom. The van der Waals surface area contributed by atoms with Gasteiger partial charge in [-0.2, -0.15) is 0 Å². The zero-order valence-electron chi connectivity index (χ0n) is 7.11. The van der Waals surface area contributed by atoms with Crippen LogP contribution in [0.15, 0.2) is 36.5 Å². The Morgan fingerprint density at radius 2 is 1.86 bits per heavy atom. The van der Waals surface area contributed by atoms with E-state index in [1.54, 1.807) is 12.1 Å². The van der Waals surface area contributed by atoms with E-state index in [0.29, 0.717) is 5.56 Å². The molecule has 2 rings (SSSR count). The van der Waals surface area contributed by atoms with Crippen molar-refractivity contribution in [3.8, 4) is 11.3 Å². The number of halogens is 2. The molecule has 1 aromatic carbocycles. The Bertz CT molecular complexity index is 445. The maximum absolute atomic E-state index is 13.3. The molecular weight excluding hydrogens is 203 g/mol. The molecule has 0 N–H and O–H groups in total. The van der Waals surface area contributed by atoms with Gasteiger partial charge in [-0.3, -0.25) is 0 Å². The predicted molar refractivity (Wildman–Crippen MR) is 52.4 cm³/mol. The summed E-state index contributed by atoms with van der Waals surface area (Å²) in [7, 11) is 0. The highest BCUT2D eigenvalue weighted by Crippen LogP contribution is 2.20. The minimum absolute atomic E-state index is 0.0465. The van der Waals surface area contributed by atoms with Crippen molar-refractivity contribution in [2.75, 3.05) is 0 Å². The maximum Gasteiger partial charge on any atom is 0.223 e. The highest BCUT2D eigenvalue weighted by atomic mass is 35.5. The van der Waals surface area contributed by atoms with Gasteiger partial charge in [-0.15, -0.1) is 0 Å². The fourth-order valence-electron chi connectivity index (χ4n) is 1.14. The molecule has 1 aromatic heterocycles. The van der Waals surface area contributed by atoms with Crippen LogP contribution in [0, 0.1) is 5.82 Å². The van der Waals surface area contributed by atoms with Crippen LogP contribution in [0.25, 0.3) is 11.3 Å². The second-order valence-corrected chi connectivity index (χ2v) is 3.04. The van der Waals surface area contributed by atoms with Crippen molar-refractivity contribution in [2.45, 2.75) is 0 Å². The summed E-state index contributed by atoms with van der Waals surface area (Å²) in [5, 5.41) is 0.0465. The number of rotatable bonds is 1. The molecule has 0 aliphatic carbocycles. The minimum Gasteiger partial charge on any atom is -0.223 e. The molecule has 0 aliphatic heterocycles. The first-order valence-electron chi connectivity index (χ1n) is 4.01. The first-order valence-corrected chi connectivity index (χ1v) is 4.38. The lowest BCUT2D eigenvalue weighted by Crippen LogP contribution is -1.91. The summed E-state index contributed by atoms with van der Waals surface area (Å²) >= 11 is 5.58. The molecule has 14 heavy (non-hydrogen) atoms. The van der Waals surface area contributed by atoms with Gasteiger partial charge in [-0.1, -0.05) is 30.3 Å². The van der Waals surface area contributed by atoms with Gasteiger partial charge in [0.1, 0.15) is 5.69 Å². The van der Waals surface area contributed by atoms with Crippen molar-refractivity contribution in [1.29, 1.82) is 0 Å². The molecule has 4 heteroatoms. The van der Waals surface area contributed by atoms with Crippen molar-refractivity contribution in [2.24, 2.45) is 0 Å². The summed E-state index contributed by atoms with van der Waals surface area (Å²) in [5.74, 6) is -0.472. The lowest BCUT2D eigenvalue weighted by Gasteiger charge is -2.01. The molecule has 0 aliphatic rings. The summed E-state index contributed by atoms with van der Waals surface area (Å²) in [6.07, 6.45) is 1.07. The van der Waals surface area contributed by atoms with Gasteiger partial charge >= 0.3 is 0 Å². The van der Waals surface area contributed by atoms with E-state index in [2.05, 4.69) is 9.97 Å². The summed E-state index contributed by atoms with van der Waals surface area (Å²) in [6.45, 7) is 0. The third-order valence-corrected chi connectivity index (χ3v) is 1.94. The van der Waals surface area contributed by atoms with Gasteiger partial charge in [0.2, 0.25) is 5.28 Å². The molecule has 1 heterocycles. The smallest absolute Gasteiger partial charge is 0.223 e. The highest BCUT2D eigenvalue weighted by molar-refractivity contribution is 6.28. The zero-order valence-corrected chi connectivity index (χ0v) is 7.87. The van der Waals surface area contributed by atoms with Crippen LogP contribution in [0.5, 0.6) is 0 Å². The second kappa shape index (κ2) is 3.72. The average molecular weight is 209 g/mol. The van der Waals surface area contributed by atoms with Gasteiger partial charge in [0.15, 0.2) is 5.82 Å². The number of aromatic nitrogens is 2. The van der Waals surface area contributed by atoms with E-state index in [9.17, 15) is 4.39 Å². The lowest BCUT2D eigenvalue weighted by molar-refractivity contribution is 0.618. The third kappa shape index (κ3) is 1.72. The van der Waals surface area contributed by atoms with Gasteiger partial charge in [-0.25, -0.2) is 14.4 Å². The van der Waals surface area contributed by atoms with E-state index in [0.717, 1.165) is 6.20 Å². The molecule has 0 amide bonds. The predicted octanol–water partition coefficient (Wildman–Crippen LogP) is 2.94. The monoisotopic (exact) mass is 208 g/mol. The maximum atomic E-state index is 13.3. The van der Waals surface area contributed by atoms with Gasteiger partial charge in [0.25, 0.3) is 0 Å². The summed E-state index contributed by atoms with van der Waals surface area (Å²) in [6, 6.07) is 9.00. The standard InChI is InChI=1S/C10H6ClFN2/c11-10-13-6-8(12)9(14-10)7-4-2-1-3-5-7/h1-6H. The topological polar surface area (TPSA) is 25.8 Å². The Balaban J connectivity index is 2.57. The molecule has 0 saturated carbocycles. The number of benzene rings is 1. The summed E-state index contributed by atoms with van der Waals surface area (Å²) in [4.78, 5) is 7.37. The third-order valence-electron chi connectivity index (χ3n) is 1.76. The summed E-state index contributed by atoms with van der Waals surface area (Å²) < 4.78 is 13.3. The quantitative estimate of drug-likeness (QED) is 0.674. The van der Waals surface area contributed by atoms with E-state index in [1.807, 2.05) is 18.2 Å². The van der Waals surface area contributed by atoms with Crippen LogP contribution >= 0.6 is 11.6 Å². The molecule has 0 radical (unpaired) electrons. The van der Waals surface area contributed by atoms with E-state index < -0.39 is 5.82 Å². The van der Waals surface area contributed by atoms with Crippen LogP contribution in [0.4, 0.5) is 4.39 Å². The molecule has 0 bridgehead atoms. The van der Waals surface area contributed by atoms with Crippen LogP contribution in [-0.4, -0.2) is 9.97 Å².